The fourth-order valence-electron chi connectivity index (χ4n) is 1.58. The Hall–Kier alpha value is -1.43. The smallest absolute Gasteiger partial charge is 0.303 e. The topological polar surface area (TPSA) is 66.4 Å². The van der Waals surface area contributed by atoms with Gasteiger partial charge in [-0.15, -0.1) is 0 Å². The van der Waals surface area contributed by atoms with Crippen molar-refractivity contribution in [3.63, 3.8) is 0 Å². The van der Waals surface area contributed by atoms with Crippen LogP contribution in [0, 0.1) is 5.82 Å². The molecule has 2 N–H and O–H groups in total. The highest BCUT2D eigenvalue weighted by atomic mass is 79.9. The molecule has 1 rings (SSSR count). The molecule has 0 aliphatic rings. The van der Waals surface area contributed by atoms with Crippen LogP contribution in [-0.4, -0.2) is 23.0 Å². The third-order valence-electron chi connectivity index (χ3n) is 2.59. The van der Waals surface area contributed by atoms with E-state index in [0.717, 1.165) is 0 Å². The minimum Gasteiger partial charge on any atom is -0.481 e. The molecule has 0 radical (unpaired) electrons. The van der Waals surface area contributed by atoms with Gasteiger partial charge < -0.3 is 10.4 Å². The summed E-state index contributed by atoms with van der Waals surface area (Å²) in [6, 6.07) is 3.90. The van der Waals surface area contributed by atoms with Crippen molar-refractivity contribution >= 4 is 27.8 Å². The van der Waals surface area contributed by atoms with E-state index in [0.29, 0.717) is 18.4 Å². The molecule has 6 heteroatoms. The van der Waals surface area contributed by atoms with Crippen LogP contribution in [0.4, 0.5) is 4.39 Å². The number of nitrogens with one attached hydrogen (secondary N) is 1. The summed E-state index contributed by atoms with van der Waals surface area (Å²) in [7, 11) is 0. The van der Waals surface area contributed by atoms with Crippen molar-refractivity contribution in [3.8, 4) is 0 Å². The number of carbonyl (C=O) groups is 2. The highest BCUT2D eigenvalue weighted by molar-refractivity contribution is 9.10. The molecule has 0 saturated carbocycles. The van der Waals surface area contributed by atoms with Crippen molar-refractivity contribution in [2.24, 2.45) is 0 Å². The molecule has 0 aromatic heterocycles. The van der Waals surface area contributed by atoms with Crippen molar-refractivity contribution in [1.29, 1.82) is 0 Å². The average molecular weight is 332 g/mol. The van der Waals surface area contributed by atoms with Crippen molar-refractivity contribution in [1.82, 2.24) is 5.32 Å². The molecule has 1 amide bonds. The number of halogens is 2. The molecule has 0 bridgehead atoms. The molecular formula is C13H15BrFNO3. The number of carbonyl (C=O) groups excluding carboxylic acids is 1. The summed E-state index contributed by atoms with van der Waals surface area (Å²) >= 11 is 3.02. The van der Waals surface area contributed by atoms with E-state index in [9.17, 15) is 14.0 Å². The van der Waals surface area contributed by atoms with Crippen LogP contribution in [0.1, 0.15) is 36.5 Å². The first kappa shape index (κ1) is 15.6. The Kier molecular flexibility index (Phi) is 5.95. The van der Waals surface area contributed by atoms with Crippen LogP contribution in [0.25, 0.3) is 0 Å². The zero-order valence-corrected chi connectivity index (χ0v) is 12.0. The summed E-state index contributed by atoms with van der Waals surface area (Å²) < 4.78 is 13.3. The third kappa shape index (κ3) is 5.38. The van der Waals surface area contributed by atoms with Gasteiger partial charge in [0.05, 0.1) is 4.47 Å². The molecule has 1 aromatic rings. The molecular weight excluding hydrogens is 317 g/mol. The number of hydrogen-bond donors (Lipinski definition) is 2. The van der Waals surface area contributed by atoms with Gasteiger partial charge in [0.1, 0.15) is 5.82 Å². The lowest BCUT2D eigenvalue weighted by Crippen LogP contribution is -2.32. The van der Waals surface area contributed by atoms with E-state index in [2.05, 4.69) is 21.2 Å². The van der Waals surface area contributed by atoms with E-state index in [1.54, 1.807) is 6.92 Å². The number of rotatable bonds is 6. The Bertz CT molecular complexity index is 479. The quantitative estimate of drug-likeness (QED) is 0.842. The fourth-order valence-corrected chi connectivity index (χ4v) is 1.95. The molecule has 104 valence electrons. The van der Waals surface area contributed by atoms with Crippen molar-refractivity contribution in [2.75, 3.05) is 0 Å². The lowest BCUT2D eigenvalue weighted by atomic mass is 10.1. The van der Waals surface area contributed by atoms with E-state index >= 15 is 0 Å². The molecule has 0 fully saturated rings. The first-order valence-electron chi connectivity index (χ1n) is 5.88. The van der Waals surface area contributed by atoms with E-state index in [-0.39, 0.29) is 22.8 Å². The normalized spacial score (nSPS) is 11.9. The minimum atomic E-state index is -0.846. The monoisotopic (exact) mass is 331 g/mol. The Balaban J connectivity index is 2.49. The van der Waals surface area contributed by atoms with Crippen molar-refractivity contribution < 1.29 is 19.1 Å². The predicted molar refractivity (Wildman–Crippen MR) is 72.5 cm³/mol. The van der Waals surface area contributed by atoms with Gasteiger partial charge in [0.15, 0.2) is 0 Å². The average Bonchev–Trinajstić information content (AvgIpc) is 2.32. The van der Waals surface area contributed by atoms with Gasteiger partial charge in [-0.2, -0.15) is 0 Å². The van der Waals surface area contributed by atoms with Crippen LogP contribution in [0.15, 0.2) is 22.7 Å². The Labute approximate surface area is 119 Å². The van der Waals surface area contributed by atoms with Crippen LogP contribution < -0.4 is 5.32 Å². The van der Waals surface area contributed by atoms with Crippen LogP contribution in [-0.2, 0) is 4.79 Å². The van der Waals surface area contributed by atoms with E-state index in [1.807, 2.05) is 0 Å². The summed E-state index contributed by atoms with van der Waals surface area (Å²) in [5.74, 6) is -1.57. The van der Waals surface area contributed by atoms with Gasteiger partial charge in [-0.3, -0.25) is 9.59 Å². The first-order valence-corrected chi connectivity index (χ1v) is 6.67. The number of carboxylic acids is 1. The van der Waals surface area contributed by atoms with E-state index < -0.39 is 11.8 Å². The summed E-state index contributed by atoms with van der Waals surface area (Å²) in [4.78, 5) is 22.2. The van der Waals surface area contributed by atoms with Gasteiger partial charge in [-0.05, 0) is 53.9 Å². The Morgan fingerprint density at radius 2 is 2.16 bits per heavy atom. The third-order valence-corrected chi connectivity index (χ3v) is 3.19. The molecule has 0 spiro atoms. The molecule has 1 atom stereocenters. The Morgan fingerprint density at radius 1 is 1.47 bits per heavy atom. The second-order valence-electron chi connectivity index (χ2n) is 4.29. The van der Waals surface area contributed by atoms with Crippen molar-refractivity contribution in [2.45, 2.75) is 32.2 Å². The maximum atomic E-state index is 13.0. The van der Waals surface area contributed by atoms with Gasteiger partial charge in [0, 0.05) is 18.0 Å². The maximum absolute atomic E-state index is 13.0. The number of hydrogen-bond acceptors (Lipinski definition) is 2. The largest absolute Gasteiger partial charge is 0.481 e. The number of aliphatic carboxylic acids is 1. The van der Waals surface area contributed by atoms with Gasteiger partial charge in [-0.1, -0.05) is 0 Å². The number of benzene rings is 1. The first-order chi connectivity index (χ1) is 8.90. The fraction of sp³-hybridized carbons (Fsp3) is 0.385. The lowest BCUT2D eigenvalue weighted by Gasteiger charge is -2.13. The van der Waals surface area contributed by atoms with Crippen LogP contribution in [0.3, 0.4) is 0 Å². The summed E-state index contributed by atoms with van der Waals surface area (Å²) in [6.45, 7) is 1.80. The predicted octanol–water partition coefficient (Wildman–Crippen LogP) is 2.96. The maximum Gasteiger partial charge on any atom is 0.303 e. The zero-order chi connectivity index (χ0) is 14.4. The molecule has 0 aliphatic heterocycles. The van der Waals surface area contributed by atoms with Crippen molar-refractivity contribution in [3.05, 3.63) is 34.1 Å². The lowest BCUT2D eigenvalue weighted by molar-refractivity contribution is -0.137. The highest BCUT2D eigenvalue weighted by Crippen LogP contribution is 2.17. The number of carboxylic acid groups (broad SMARTS) is 1. The standard InChI is InChI=1S/C13H15BrFNO3/c1-8(3-2-4-12(17)18)16-13(19)9-5-6-11(15)10(14)7-9/h5-8H,2-4H2,1H3,(H,16,19)(H,17,18). The van der Waals surface area contributed by atoms with Gasteiger partial charge in [0.2, 0.25) is 0 Å². The molecule has 0 saturated heterocycles. The van der Waals surface area contributed by atoms with Gasteiger partial charge in [-0.25, -0.2) is 4.39 Å². The Morgan fingerprint density at radius 3 is 2.74 bits per heavy atom. The molecule has 4 nitrogen and oxygen atoms in total. The van der Waals surface area contributed by atoms with Crippen LogP contribution in [0.2, 0.25) is 0 Å². The summed E-state index contributed by atoms with van der Waals surface area (Å²) in [5, 5.41) is 11.3. The molecule has 1 aromatic carbocycles. The van der Waals surface area contributed by atoms with Crippen LogP contribution in [0.5, 0.6) is 0 Å². The van der Waals surface area contributed by atoms with Gasteiger partial charge in [0.25, 0.3) is 5.91 Å². The second-order valence-corrected chi connectivity index (χ2v) is 5.14. The van der Waals surface area contributed by atoms with Gasteiger partial charge >= 0.3 is 5.97 Å². The number of amides is 1. The second kappa shape index (κ2) is 7.23. The van der Waals surface area contributed by atoms with E-state index in [4.69, 9.17) is 5.11 Å². The van der Waals surface area contributed by atoms with E-state index in [1.165, 1.54) is 18.2 Å². The zero-order valence-electron chi connectivity index (χ0n) is 10.5. The molecule has 1 unspecified atom stereocenters. The molecule has 0 heterocycles. The minimum absolute atomic E-state index is 0.0856. The summed E-state index contributed by atoms with van der Waals surface area (Å²) in [5.41, 5.74) is 0.360. The van der Waals surface area contributed by atoms with Crippen LogP contribution >= 0.6 is 15.9 Å². The molecule has 19 heavy (non-hydrogen) atoms. The summed E-state index contributed by atoms with van der Waals surface area (Å²) in [6.07, 6.45) is 1.17. The molecule has 0 aliphatic carbocycles. The SMILES string of the molecule is CC(CCCC(=O)O)NC(=O)c1ccc(F)c(Br)c1. The highest BCUT2D eigenvalue weighted by Gasteiger charge is 2.11.